The van der Waals surface area contributed by atoms with Crippen molar-refractivity contribution in [3.8, 4) is 11.5 Å². The van der Waals surface area contributed by atoms with Crippen LogP contribution in [-0.4, -0.2) is 36.2 Å². The molecule has 1 amide bonds. The molecule has 0 spiro atoms. The van der Waals surface area contributed by atoms with Gasteiger partial charge in [-0.05, 0) is 44.0 Å². The van der Waals surface area contributed by atoms with Gasteiger partial charge in [0.05, 0.1) is 13.2 Å². The Bertz CT molecular complexity index is 583. The number of rotatable bonds is 10. The maximum Gasteiger partial charge on any atom is 0.325 e. The zero-order chi connectivity index (χ0) is 17.9. The summed E-state index contributed by atoms with van der Waals surface area (Å²) in [5.41, 5.74) is 0.763. The number of hydrogen-bond donors (Lipinski definition) is 2. The van der Waals surface area contributed by atoms with Crippen molar-refractivity contribution in [2.75, 3.05) is 13.2 Å². The van der Waals surface area contributed by atoms with Crippen LogP contribution in [-0.2, 0) is 9.59 Å². The number of ether oxygens (including phenoxy) is 2. The number of carboxylic acid groups (broad SMARTS) is 1. The van der Waals surface area contributed by atoms with Gasteiger partial charge in [0.15, 0.2) is 11.5 Å². The van der Waals surface area contributed by atoms with Gasteiger partial charge < -0.3 is 19.9 Å². The number of unbranched alkanes of at least 4 members (excludes halogenated alkanes) is 1. The van der Waals surface area contributed by atoms with Crippen LogP contribution in [0.15, 0.2) is 24.3 Å². The number of carboxylic acids is 1. The molecule has 6 nitrogen and oxygen atoms in total. The SMILES string of the molecule is CCCCOc1ccc(/C=C/C(=O)N[C@@H](C)C(=O)O)cc1OCC. The molecule has 6 heteroatoms. The lowest BCUT2D eigenvalue weighted by molar-refractivity contribution is -0.140. The molecule has 132 valence electrons. The van der Waals surface area contributed by atoms with Gasteiger partial charge >= 0.3 is 5.97 Å². The zero-order valence-electron chi connectivity index (χ0n) is 14.4. The minimum atomic E-state index is -1.08. The first-order chi connectivity index (χ1) is 11.5. The molecular formula is C18H25NO5. The van der Waals surface area contributed by atoms with Crippen LogP contribution in [0.4, 0.5) is 0 Å². The topological polar surface area (TPSA) is 84.9 Å². The second kappa shape index (κ2) is 10.3. The Hall–Kier alpha value is -2.50. The predicted octanol–water partition coefficient (Wildman–Crippen LogP) is 2.87. The molecule has 0 saturated carbocycles. The number of hydrogen-bond acceptors (Lipinski definition) is 4. The fourth-order valence-corrected chi connectivity index (χ4v) is 1.84. The van der Waals surface area contributed by atoms with Crippen molar-refractivity contribution in [3.63, 3.8) is 0 Å². The Labute approximate surface area is 142 Å². The zero-order valence-corrected chi connectivity index (χ0v) is 14.4. The van der Waals surface area contributed by atoms with Gasteiger partial charge in [0, 0.05) is 6.08 Å². The molecule has 0 fully saturated rings. The minimum absolute atomic E-state index is 0.467. The number of carbonyl (C=O) groups is 2. The standard InChI is InChI=1S/C18H25NO5/c1-4-6-11-24-15-9-7-14(12-16(15)23-5-2)8-10-17(20)19-13(3)18(21)22/h7-10,12-13H,4-6,11H2,1-3H3,(H,19,20)(H,21,22)/b10-8+/t13-/m0/s1. The average molecular weight is 335 g/mol. The fourth-order valence-electron chi connectivity index (χ4n) is 1.84. The van der Waals surface area contributed by atoms with Gasteiger partial charge in [-0.3, -0.25) is 9.59 Å². The summed E-state index contributed by atoms with van der Waals surface area (Å²) < 4.78 is 11.3. The molecule has 0 heterocycles. The lowest BCUT2D eigenvalue weighted by atomic mass is 10.2. The van der Waals surface area contributed by atoms with Crippen molar-refractivity contribution in [2.45, 2.75) is 39.7 Å². The molecule has 0 saturated heterocycles. The van der Waals surface area contributed by atoms with Crippen molar-refractivity contribution >= 4 is 18.0 Å². The molecule has 1 aromatic rings. The third-order valence-electron chi connectivity index (χ3n) is 3.18. The number of aliphatic carboxylic acids is 1. The second-order valence-electron chi connectivity index (χ2n) is 5.24. The van der Waals surface area contributed by atoms with E-state index in [1.807, 2.05) is 13.0 Å². The molecule has 0 radical (unpaired) electrons. The summed E-state index contributed by atoms with van der Waals surface area (Å²) in [7, 11) is 0. The molecule has 1 aromatic carbocycles. The quantitative estimate of drug-likeness (QED) is 0.507. The van der Waals surface area contributed by atoms with E-state index in [-0.39, 0.29) is 0 Å². The van der Waals surface area contributed by atoms with E-state index in [0.717, 1.165) is 18.4 Å². The first-order valence-corrected chi connectivity index (χ1v) is 8.09. The molecule has 0 bridgehead atoms. The Morgan fingerprint density at radius 1 is 1.25 bits per heavy atom. The van der Waals surface area contributed by atoms with Crippen LogP contribution in [0.5, 0.6) is 11.5 Å². The molecule has 0 aliphatic carbocycles. The smallest absolute Gasteiger partial charge is 0.325 e. The summed E-state index contributed by atoms with van der Waals surface area (Å²) in [6.07, 6.45) is 4.91. The third-order valence-corrected chi connectivity index (χ3v) is 3.18. The number of amides is 1. The van der Waals surface area contributed by atoms with Gasteiger partial charge in [-0.1, -0.05) is 19.4 Å². The lowest BCUT2D eigenvalue weighted by Gasteiger charge is -2.12. The third kappa shape index (κ3) is 6.73. The highest BCUT2D eigenvalue weighted by Crippen LogP contribution is 2.29. The van der Waals surface area contributed by atoms with E-state index in [4.69, 9.17) is 14.6 Å². The first kappa shape index (κ1) is 19.5. The molecule has 24 heavy (non-hydrogen) atoms. The normalized spacial score (nSPS) is 12.0. The van der Waals surface area contributed by atoms with Gasteiger partial charge in [-0.2, -0.15) is 0 Å². The van der Waals surface area contributed by atoms with Crippen LogP contribution in [0.1, 0.15) is 39.2 Å². The van der Waals surface area contributed by atoms with Crippen LogP contribution < -0.4 is 14.8 Å². The maximum atomic E-state index is 11.7. The fraction of sp³-hybridized carbons (Fsp3) is 0.444. The van der Waals surface area contributed by atoms with E-state index in [2.05, 4.69) is 12.2 Å². The molecule has 1 atom stereocenters. The Morgan fingerprint density at radius 3 is 2.62 bits per heavy atom. The van der Waals surface area contributed by atoms with E-state index >= 15 is 0 Å². The molecule has 0 aliphatic heterocycles. The number of carbonyl (C=O) groups excluding carboxylic acids is 1. The van der Waals surface area contributed by atoms with Gasteiger partial charge in [-0.15, -0.1) is 0 Å². The van der Waals surface area contributed by atoms with Crippen LogP contribution in [0.3, 0.4) is 0 Å². The van der Waals surface area contributed by atoms with Crippen molar-refractivity contribution in [1.29, 1.82) is 0 Å². The molecule has 0 aliphatic rings. The number of nitrogens with one attached hydrogen (secondary N) is 1. The summed E-state index contributed by atoms with van der Waals surface area (Å²) in [5.74, 6) is -0.253. The Balaban J connectivity index is 2.77. The lowest BCUT2D eigenvalue weighted by Crippen LogP contribution is -2.37. The molecule has 1 rings (SSSR count). The largest absolute Gasteiger partial charge is 0.490 e. The highest BCUT2D eigenvalue weighted by Gasteiger charge is 2.12. The van der Waals surface area contributed by atoms with E-state index in [1.165, 1.54) is 13.0 Å². The van der Waals surface area contributed by atoms with Gasteiger partial charge in [-0.25, -0.2) is 0 Å². The van der Waals surface area contributed by atoms with Crippen LogP contribution in [0.2, 0.25) is 0 Å². The number of benzene rings is 1. The van der Waals surface area contributed by atoms with E-state index in [1.54, 1.807) is 18.2 Å². The molecule has 0 aromatic heterocycles. The summed E-state index contributed by atoms with van der Waals surface area (Å²) in [4.78, 5) is 22.4. The van der Waals surface area contributed by atoms with Crippen molar-refractivity contribution < 1.29 is 24.2 Å². The Morgan fingerprint density at radius 2 is 2.00 bits per heavy atom. The highest BCUT2D eigenvalue weighted by molar-refractivity contribution is 5.94. The van der Waals surface area contributed by atoms with E-state index in [9.17, 15) is 9.59 Å². The summed E-state index contributed by atoms with van der Waals surface area (Å²) in [5, 5.41) is 11.1. The van der Waals surface area contributed by atoms with Crippen LogP contribution in [0.25, 0.3) is 6.08 Å². The van der Waals surface area contributed by atoms with Gasteiger partial charge in [0.1, 0.15) is 6.04 Å². The summed E-state index contributed by atoms with van der Waals surface area (Å²) in [6.45, 7) is 6.52. The monoisotopic (exact) mass is 335 g/mol. The van der Waals surface area contributed by atoms with E-state index in [0.29, 0.717) is 24.7 Å². The first-order valence-electron chi connectivity index (χ1n) is 8.09. The summed E-state index contributed by atoms with van der Waals surface area (Å²) >= 11 is 0. The average Bonchev–Trinajstić information content (AvgIpc) is 2.55. The highest BCUT2D eigenvalue weighted by atomic mass is 16.5. The van der Waals surface area contributed by atoms with Gasteiger partial charge in [0.2, 0.25) is 5.91 Å². The second-order valence-corrected chi connectivity index (χ2v) is 5.24. The molecule has 0 unspecified atom stereocenters. The van der Waals surface area contributed by atoms with Crippen molar-refractivity contribution in [2.24, 2.45) is 0 Å². The van der Waals surface area contributed by atoms with E-state index < -0.39 is 17.9 Å². The van der Waals surface area contributed by atoms with Crippen molar-refractivity contribution in [3.05, 3.63) is 29.8 Å². The minimum Gasteiger partial charge on any atom is -0.490 e. The molecule has 2 N–H and O–H groups in total. The summed E-state index contributed by atoms with van der Waals surface area (Å²) in [6, 6.07) is 4.47. The maximum absolute atomic E-state index is 11.7. The Kier molecular flexibility index (Phi) is 8.39. The van der Waals surface area contributed by atoms with Crippen molar-refractivity contribution in [1.82, 2.24) is 5.32 Å². The van der Waals surface area contributed by atoms with Crippen LogP contribution in [0, 0.1) is 0 Å². The molecular weight excluding hydrogens is 310 g/mol. The predicted molar refractivity (Wildman–Crippen MR) is 92.3 cm³/mol. The van der Waals surface area contributed by atoms with Crippen LogP contribution >= 0.6 is 0 Å². The van der Waals surface area contributed by atoms with Gasteiger partial charge in [0.25, 0.3) is 0 Å².